The normalized spacial score (nSPS) is 12.8. The quantitative estimate of drug-likeness (QED) is 0.738. The van der Waals surface area contributed by atoms with Gasteiger partial charge in [0.2, 0.25) is 15.9 Å². The van der Waals surface area contributed by atoms with Crippen LogP contribution in [0.5, 0.6) is 0 Å². The molecule has 0 saturated heterocycles. The smallest absolute Gasteiger partial charge is 0.242 e. The maximum Gasteiger partial charge on any atom is 0.242 e. The third-order valence-electron chi connectivity index (χ3n) is 3.69. The largest absolute Gasteiger partial charge is 0.325 e. The first-order valence-electron chi connectivity index (χ1n) is 7.88. The molecule has 2 rings (SSSR count). The summed E-state index contributed by atoms with van der Waals surface area (Å²) in [6.45, 7) is 5.69. The minimum absolute atomic E-state index is 0.108. The minimum Gasteiger partial charge on any atom is -0.325 e. The molecule has 0 unspecified atom stereocenters. The molecule has 5 nitrogen and oxygen atoms in total. The Labute approximate surface area is 157 Å². The van der Waals surface area contributed by atoms with Crippen molar-refractivity contribution >= 4 is 37.5 Å². The maximum absolute atomic E-state index is 12.3. The third kappa shape index (κ3) is 5.39. The average molecular weight is 425 g/mol. The highest BCUT2D eigenvalue weighted by Crippen LogP contribution is 2.18. The summed E-state index contributed by atoms with van der Waals surface area (Å²) in [7, 11) is -3.76. The summed E-state index contributed by atoms with van der Waals surface area (Å²) in [6.07, 6.45) is 0. The number of amides is 1. The Morgan fingerprint density at radius 3 is 2.04 bits per heavy atom. The molecule has 0 aliphatic heterocycles. The number of carbonyl (C=O) groups is 1. The van der Waals surface area contributed by atoms with Gasteiger partial charge in [0.25, 0.3) is 0 Å². The van der Waals surface area contributed by atoms with Crippen molar-refractivity contribution in [3.8, 4) is 0 Å². The van der Waals surface area contributed by atoms with E-state index in [2.05, 4.69) is 39.8 Å². The van der Waals surface area contributed by atoms with Crippen molar-refractivity contribution in [1.82, 2.24) is 4.72 Å². The molecule has 0 aromatic heterocycles. The number of hydrogen-bond donors (Lipinski definition) is 2. The van der Waals surface area contributed by atoms with Crippen LogP contribution in [0.2, 0.25) is 0 Å². The van der Waals surface area contributed by atoms with Crippen LogP contribution in [0.1, 0.15) is 32.3 Å². The SMILES string of the molecule is CC(C)c1ccc(NC(=O)[C@H](C)NS(=O)(=O)c2ccc(Br)cc2)cc1. The molecule has 134 valence electrons. The van der Waals surface area contributed by atoms with Gasteiger partial charge in [-0.1, -0.05) is 41.9 Å². The second-order valence-corrected chi connectivity index (χ2v) is 8.69. The van der Waals surface area contributed by atoms with Crippen LogP contribution < -0.4 is 10.0 Å². The van der Waals surface area contributed by atoms with Gasteiger partial charge in [-0.25, -0.2) is 8.42 Å². The van der Waals surface area contributed by atoms with Gasteiger partial charge in [0, 0.05) is 10.2 Å². The second kappa shape index (κ2) is 8.12. The Kier molecular flexibility index (Phi) is 6.37. The molecular weight excluding hydrogens is 404 g/mol. The number of sulfonamides is 1. The van der Waals surface area contributed by atoms with E-state index in [9.17, 15) is 13.2 Å². The Balaban J connectivity index is 2.03. The van der Waals surface area contributed by atoms with E-state index in [1.807, 2.05) is 24.3 Å². The van der Waals surface area contributed by atoms with E-state index in [4.69, 9.17) is 0 Å². The predicted octanol–water partition coefficient (Wildman–Crippen LogP) is 3.88. The molecule has 0 spiro atoms. The molecule has 1 amide bonds. The van der Waals surface area contributed by atoms with Crippen LogP contribution in [-0.4, -0.2) is 20.4 Å². The Hall–Kier alpha value is -1.70. The zero-order chi connectivity index (χ0) is 18.6. The van der Waals surface area contributed by atoms with Gasteiger partial charge in [0.05, 0.1) is 10.9 Å². The summed E-state index contributed by atoms with van der Waals surface area (Å²) in [4.78, 5) is 12.4. The van der Waals surface area contributed by atoms with E-state index in [-0.39, 0.29) is 4.90 Å². The van der Waals surface area contributed by atoms with Gasteiger partial charge in [0.1, 0.15) is 0 Å². The molecule has 0 bridgehead atoms. The first-order chi connectivity index (χ1) is 11.7. The van der Waals surface area contributed by atoms with Crippen molar-refractivity contribution in [1.29, 1.82) is 0 Å². The Morgan fingerprint density at radius 1 is 0.960 bits per heavy atom. The topological polar surface area (TPSA) is 75.3 Å². The molecule has 0 aliphatic rings. The Morgan fingerprint density at radius 2 is 1.52 bits per heavy atom. The van der Waals surface area contributed by atoms with E-state index in [1.54, 1.807) is 12.1 Å². The molecule has 0 heterocycles. The lowest BCUT2D eigenvalue weighted by Crippen LogP contribution is -2.41. The van der Waals surface area contributed by atoms with E-state index >= 15 is 0 Å². The molecule has 0 fully saturated rings. The standard InChI is InChI=1S/C18H21BrN2O3S/c1-12(2)14-4-8-16(9-5-14)20-18(22)13(3)21-25(23,24)17-10-6-15(19)7-11-17/h4-13,21H,1-3H3,(H,20,22)/t13-/m0/s1. The van der Waals surface area contributed by atoms with Gasteiger partial charge >= 0.3 is 0 Å². The van der Waals surface area contributed by atoms with E-state index in [0.29, 0.717) is 11.6 Å². The maximum atomic E-state index is 12.3. The fourth-order valence-electron chi connectivity index (χ4n) is 2.17. The fourth-order valence-corrected chi connectivity index (χ4v) is 3.64. The van der Waals surface area contributed by atoms with E-state index in [1.165, 1.54) is 24.6 Å². The van der Waals surface area contributed by atoms with E-state index in [0.717, 1.165) is 4.47 Å². The summed E-state index contributed by atoms with van der Waals surface area (Å²) >= 11 is 3.26. The minimum atomic E-state index is -3.76. The van der Waals surface area contributed by atoms with Gasteiger partial charge in [-0.05, 0) is 54.8 Å². The summed E-state index contributed by atoms with van der Waals surface area (Å²) in [6, 6.07) is 12.8. The molecular formula is C18H21BrN2O3S. The molecule has 0 aliphatic carbocycles. The highest BCUT2D eigenvalue weighted by Gasteiger charge is 2.22. The molecule has 2 aromatic rings. The van der Waals surface area contributed by atoms with Crippen molar-refractivity contribution in [2.75, 3.05) is 5.32 Å². The third-order valence-corrected chi connectivity index (χ3v) is 5.78. The number of halogens is 1. The molecule has 0 saturated carbocycles. The lowest BCUT2D eigenvalue weighted by atomic mass is 10.0. The number of benzene rings is 2. The number of hydrogen-bond acceptors (Lipinski definition) is 3. The van der Waals surface area contributed by atoms with Crippen molar-refractivity contribution in [2.45, 2.75) is 37.6 Å². The van der Waals surface area contributed by atoms with Gasteiger partial charge < -0.3 is 5.32 Å². The van der Waals surface area contributed by atoms with Gasteiger partial charge in [-0.2, -0.15) is 4.72 Å². The molecule has 1 atom stereocenters. The van der Waals surface area contributed by atoms with Crippen LogP contribution >= 0.6 is 15.9 Å². The van der Waals surface area contributed by atoms with Gasteiger partial charge in [0.15, 0.2) is 0 Å². The first-order valence-corrected chi connectivity index (χ1v) is 10.2. The highest BCUT2D eigenvalue weighted by molar-refractivity contribution is 9.10. The lowest BCUT2D eigenvalue weighted by Gasteiger charge is -2.15. The van der Waals surface area contributed by atoms with Crippen LogP contribution in [0, 0.1) is 0 Å². The zero-order valence-corrected chi connectivity index (χ0v) is 16.7. The summed E-state index contributed by atoms with van der Waals surface area (Å²) in [5, 5.41) is 2.72. The van der Waals surface area contributed by atoms with E-state index < -0.39 is 22.0 Å². The van der Waals surface area contributed by atoms with Crippen molar-refractivity contribution in [2.24, 2.45) is 0 Å². The van der Waals surface area contributed by atoms with Crippen LogP contribution in [-0.2, 0) is 14.8 Å². The summed E-state index contributed by atoms with van der Waals surface area (Å²) in [5.74, 6) is -0.0145. The summed E-state index contributed by atoms with van der Waals surface area (Å²) < 4.78 is 27.8. The number of carbonyl (C=O) groups excluding carboxylic acids is 1. The predicted molar refractivity (Wildman–Crippen MR) is 103 cm³/mol. The highest BCUT2D eigenvalue weighted by atomic mass is 79.9. The molecule has 2 aromatic carbocycles. The molecule has 2 N–H and O–H groups in total. The van der Waals surface area contributed by atoms with Gasteiger partial charge in [-0.15, -0.1) is 0 Å². The second-order valence-electron chi connectivity index (χ2n) is 6.06. The van der Waals surface area contributed by atoms with Crippen LogP contribution in [0.3, 0.4) is 0 Å². The summed E-state index contributed by atoms with van der Waals surface area (Å²) in [5.41, 5.74) is 1.80. The lowest BCUT2D eigenvalue weighted by molar-refractivity contribution is -0.117. The van der Waals surface area contributed by atoms with Crippen molar-refractivity contribution < 1.29 is 13.2 Å². The van der Waals surface area contributed by atoms with Crippen LogP contribution in [0.4, 0.5) is 5.69 Å². The molecule has 0 radical (unpaired) electrons. The number of anilines is 1. The monoisotopic (exact) mass is 424 g/mol. The first kappa shape index (κ1) is 19.6. The van der Waals surface area contributed by atoms with Gasteiger partial charge in [-0.3, -0.25) is 4.79 Å². The molecule has 7 heteroatoms. The van der Waals surface area contributed by atoms with Crippen molar-refractivity contribution in [3.05, 3.63) is 58.6 Å². The van der Waals surface area contributed by atoms with Crippen molar-refractivity contribution in [3.63, 3.8) is 0 Å². The number of nitrogens with one attached hydrogen (secondary N) is 2. The van der Waals surface area contributed by atoms with Crippen LogP contribution in [0.25, 0.3) is 0 Å². The molecule has 25 heavy (non-hydrogen) atoms. The van der Waals surface area contributed by atoms with Crippen LogP contribution in [0.15, 0.2) is 57.9 Å². The Bertz CT molecular complexity index is 832. The fraction of sp³-hybridized carbons (Fsp3) is 0.278. The average Bonchev–Trinajstić information content (AvgIpc) is 2.55. The zero-order valence-electron chi connectivity index (χ0n) is 14.3. The number of rotatable bonds is 6.